The van der Waals surface area contributed by atoms with Crippen LogP contribution in [-0.2, 0) is 12.8 Å². The second-order valence-corrected chi connectivity index (χ2v) is 6.46. The molecule has 1 N–H and O–H groups in total. The zero-order valence-electron chi connectivity index (χ0n) is 13.1. The molecule has 2 aromatic rings. The number of nitrogens with one attached hydrogen (secondary N) is 1. The Labute approximate surface area is 137 Å². The average Bonchev–Trinajstić information content (AvgIpc) is 2.85. The van der Waals surface area contributed by atoms with Gasteiger partial charge in [0.15, 0.2) is 0 Å². The Bertz CT molecular complexity index is 656. The van der Waals surface area contributed by atoms with Crippen LogP contribution in [0.4, 0.5) is 0 Å². The molecule has 0 heterocycles. The van der Waals surface area contributed by atoms with Gasteiger partial charge in [-0.15, -0.1) is 0 Å². The molecule has 1 aliphatic carbocycles. The van der Waals surface area contributed by atoms with Gasteiger partial charge >= 0.3 is 0 Å². The predicted octanol–water partition coefficient (Wildman–Crippen LogP) is 4.07. The molecule has 116 valence electrons. The third kappa shape index (κ3) is 3.13. The van der Waals surface area contributed by atoms with Crippen LogP contribution in [0.15, 0.2) is 42.5 Å². The lowest BCUT2D eigenvalue weighted by molar-refractivity contribution is 0.411. The molecule has 2 atom stereocenters. The van der Waals surface area contributed by atoms with Gasteiger partial charge in [0.25, 0.3) is 0 Å². The molecule has 0 fully saturated rings. The van der Waals surface area contributed by atoms with E-state index >= 15 is 0 Å². The summed E-state index contributed by atoms with van der Waals surface area (Å²) in [5.74, 6) is 2.07. The van der Waals surface area contributed by atoms with Crippen molar-refractivity contribution in [2.75, 3.05) is 20.7 Å². The standard InChI is InChI=1S/C19H22ClNO/c1-21-12-15-10-14-6-7-17(22-2)11-19(14)18(15)9-13-4-3-5-16(20)8-13/h3-8,11,15,18,21H,9-10,12H2,1-2H3. The van der Waals surface area contributed by atoms with Gasteiger partial charge in [0, 0.05) is 5.02 Å². The normalized spacial score (nSPS) is 20.0. The highest BCUT2D eigenvalue weighted by Gasteiger charge is 2.32. The van der Waals surface area contributed by atoms with E-state index in [1.165, 1.54) is 16.7 Å². The first-order chi connectivity index (χ1) is 10.7. The lowest BCUT2D eigenvalue weighted by atomic mass is 9.86. The Hall–Kier alpha value is -1.51. The summed E-state index contributed by atoms with van der Waals surface area (Å²) in [6.45, 7) is 1.03. The number of halogens is 1. The molecule has 2 nitrogen and oxygen atoms in total. The van der Waals surface area contributed by atoms with Gasteiger partial charge in [-0.2, -0.15) is 0 Å². The van der Waals surface area contributed by atoms with Crippen LogP contribution in [0.2, 0.25) is 5.02 Å². The second kappa shape index (κ2) is 6.72. The summed E-state index contributed by atoms with van der Waals surface area (Å²) in [7, 11) is 3.76. The van der Waals surface area contributed by atoms with Crippen molar-refractivity contribution in [1.29, 1.82) is 0 Å². The SMILES string of the molecule is CNCC1Cc2ccc(OC)cc2C1Cc1cccc(Cl)c1. The molecule has 0 radical (unpaired) electrons. The van der Waals surface area contributed by atoms with Crippen LogP contribution >= 0.6 is 11.6 Å². The molecule has 3 rings (SSSR count). The van der Waals surface area contributed by atoms with Crippen molar-refractivity contribution < 1.29 is 4.74 Å². The van der Waals surface area contributed by atoms with E-state index in [-0.39, 0.29) is 0 Å². The number of methoxy groups -OCH3 is 1. The van der Waals surface area contributed by atoms with E-state index in [0.717, 1.165) is 30.2 Å². The molecule has 0 aromatic heterocycles. The Morgan fingerprint density at radius 2 is 2.09 bits per heavy atom. The van der Waals surface area contributed by atoms with E-state index in [2.05, 4.69) is 35.6 Å². The van der Waals surface area contributed by atoms with E-state index in [1.807, 2.05) is 19.2 Å². The summed E-state index contributed by atoms with van der Waals surface area (Å²) in [5.41, 5.74) is 4.18. The molecule has 0 saturated heterocycles. The number of fused-ring (bicyclic) bond motifs is 1. The minimum atomic E-state index is 0.510. The summed E-state index contributed by atoms with van der Waals surface area (Å²) in [6.07, 6.45) is 2.15. The highest BCUT2D eigenvalue weighted by atomic mass is 35.5. The maximum atomic E-state index is 6.14. The zero-order chi connectivity index (χ0) is 15.5. The lowest BCUT2D eigenvalue weighted by Gasteiger charge is -2.21. The van der Waals surface area contributed by atoms with Crippen molar-refractivity contribution >= 4 is 11.6 Å². The molecule has 0 bridgehead atoms. The molecule has 2 aromatic carbocycles. The maximum Gasteiger partial charge on any atom is 0.119 e. The van der Waals surface area contributed by atoms with Gasteiger partial charge < -0.3 is 10.1 Å². The number of hydrogen-bond acceptors (Lipinski definition) is 2. The van der Waals surface area contributed by atoms with Crippen LogP contribution in [0.1, 0.15) is 22.6 Å². The van der Waals surface area contributed by atoms with Crippen LogP contribution < -0.4 is 10.1 Å². The highest BCUT2D eigenvalue weighted by molar-refractivity contribution is 6.30. The summed E-state index contributed by atoms with van der Waals surface area (Å²) < 4.78 is 5.42. The monoisotopic (exact) mass is 315 g/mol. The summed E-state index contributed by atoms with van der Waals surface area (Å²) >= 11 is 6.14. The number of benzene rings is 2. The quantitative estimate of drug-likeness (QED) is 0.898. The van der Waals surface area contributed by atoms with Crippen molar-refractivity contribution in [2.45, 2.75) is 18.8 Å². The van der Waals surface area contributed by atoms with Crippen molar-refractivity contribution in [3.05, 3.63) is 64.2 Å². The molecule has 3 heteroatoms. The molecule has 2 unspecified atom stereocenters. The van der Waals surface area contributed by atoms with E-state index in [1.54, 1.807) is 7.11 Å². The molecule has 0 spiro atoms. The van der Waals surface area contributed by atoms with Crippen LogP contribution in [-0.4, -0.2) is 20.7 Å². The summed E-state index contributed by atoms with van der Waals surface area (Å²) in [6, 6.07) is 14.7. The molecule has 0 amide bonds. The first-order valence-electron chi connectivity index (χ1n) is 7.77. The fourth-order valence-corrected chi connectivity index (χ4v) is 3.79. The van der Waals surface area contributed by atoms with Crippen molar-refractivity contribution in [2.24, 2.45) is 5.92 Å². The van der Waals surface area contributed by atoms with Crippen LogP contribution in [0.5, 0.6) is 5.75 Å². The van der Waals surface area contributed by atoms with Crippen LogP contribution in [0, 0.1) is 5.92 Å². The molecule has 0 aliphatic heterocycles. The van der Waals surface area contributed by atoms with Crippen molar-refractivity contribution in [3.8, 4) is 5.75 Å². The van der Waals surface area contributed by atoms with Gasteiger partial charge in [0.1, 0.15) is 5.75 Å². The first kappa shape index (κ1) is 15.4. The summed E-state index contributed by atoms with van der Waals surface area (Å²) in [5, 5.41) is 4.15. The average molecular weight is 316 g/mol. The third-order valence-electron chi connectivity index (χ3n) is 4.61. The zero-order valence-corrected chi connectivity index (χ0v) is 13.9. The minimum Gasteiger partial charge on any atom is -0.497 e. The van der Waals surface area contributed by atoms with Crippen LogP contribution in [0.25, 0.3) is 0 Å². The largest absolute Gasteiger partial charge is 0.497 e. The Morgan fingerprint density at radius 3 is 2.82 bits per heavy atom. The number of hydrogen-bond donors (Lipinski definition) is 1. The van der Waals surface area contributed by atoms with Gasteiger partial charge in [0.2, 0.25) is 0 Å². The van der Waals surface area contributed by atoms with Crippen LogP contribution in [0.3, 0.4) is 0 Å². The minimum absolute atomic E-state index is 0.510. The van der Waals surface area contributed by atoms with E-state index in [9.17, 15) is 0 Å². The second-order valence-electron chi connectivity index (χ2n) is 6.03. The first-order valence-corrected chi connectivity index (χ1v) is 8.15. The topological polar surface area (TPSA) is 21.3 Å². The maximum absolute atomic E-state index is 6.14. The molecule has 22 heavy (non-hydrogen) atoms. The fraction of sp³-hybridized carbons (Fsp3) is 0.368. The smallest absolute Gasteiger partial charge is 0.119 e. The van der Waals surface area contributed by atoms with Crippen molar-refractivity contribution in [1.82, 2.24) is 5.32 Å². The Morgan fingerprint density at radius 1 is 1.23 bits per heavy atom. The van der Waals surface area contributed by atoms with E-state index in [4.69, 9.17) is 16.3 Å². The fourth-order valence-electron chi connectivity index (χ4n) is 3.58. The van der Waals surface area contributed by atoms with Gasteiger partial charge in [0.05, 0.1) is 7.11 Å². The predicted molar refractivity (Wildman–Crippen MR) is 92.0 cm³/mol. The van der Waals surface area contributed by atoms with Gasteiger partial charge in [-0.05, 0) is 79.2 Å². The van der Waals surface area contributed by atoms with Gasteiger partial charge in [-0.1, -0.05) is 29.8 Å². The Balaban J connectivity index is 1.92. The van der Waals surface area contributed by atoms with Gasteiger partial charge in [-0.3, -0.25) is 0 Å². The molecule has 0 saturated carbocycles. The Kier molecular flexibility index (Phi) is 4.70. The third-order valence-corrected chi connectivity index (χ3v) is 4.85. The summed E-state index contributed by atoms with van der Waals surface area (Å²) in [4.78, 5) is 0. The van der Waals surface area contributed by atoms with E-state index in [0.29, 0.717) is 11.8 Å². The molecular formula is C19H22ClNO. The highest BCUT2D eigenvalue weighted by Crippen LogP contribution is 2.41. The lowest BCUT2D eigenvalue weighted by Crippen LogP contribution is -2.23. The van der Waals surface area contributed by atoms with E-state index < -0.39 is 0 Å². The molecular weight excluding hydrogens is 294 g/mol. The van der Waals surface area contributed by atoms with Crippen molar-refractivity contribution in [3.63, 3.8) is 0 Å². The molecule has 1 aliphatic rings. The number of ether oxygens (including phenoxy) is 1. The number of rotatable bonds is 5. The van der Waals surface area contributed by atoms with Gasteiger partial charge in [-0.25, -0.2) is 0 Å².